The van der Waals surface area contributed by atoms with Gasteiger partial charge in [-0.2, -0.15) is 4.98 Å². The molecule has 6 N–H and O–H groups in total. The number of aliphatic hydroxyl groups is 1. The molecule has 1 aliphatic heterocycles. The van der Waals surface area contributed by atoms with Crippen molar-refractivity contribution in [3.05, 3.63) is 20.8 Å². The van der Waals surface area contributed by atoms with Crippen LogP contribution in [0.1, 0.15) is 12.6 Å². The third kappa shape index (κ3) is 3.00. The van der Waals surface area contributed by atoms with E-state index < -0.39 is 50.1 Å². The van der Waals surface area contributed by atoms with Crippen LogP contribution in [0.4, 0.5) is 0 Å². The lowest BCUT2D eigenvalue weighted by Crippen LogP contribution is -2.26. The molecule has 132 valence electrons. The molecule has 1 fully saturated rings. The van der Waals surface area contributed by atoms with Crippen molar-refractivity contribution < 1.29 is 33.8 Å². The Hall–Kier alpha value is -2.02. The summed E-state index contributed by atoms with van der Waals surface area (Å²) in [6, 6.07) is -0.657. The number of imidazole rings is 1. The molecule has 0 bridgehead atoms. The van der Waals surface area contributed by atoms with Gasteiger partial charge in [-0.25, -0.2) is 9.36 Å². The normalized spacial score (nSPS) is 24.7. The Kier molecular flexibility index (Phi) is 4.07. The second kappa shape index (κ2) is 5.81. The van der Waals surface area contributed by atoms with Crippen LogP contribution in [0.3, 0.4) is 0 Å². The molecule has 0 unspecified atom stereocenters. The minimum absolute atomic E-state index is 0.139. The van der Waals surface area contributed by atoms with Gasteiger partial charge in [-0.05, 0) is 0 Å². The average Bonchev–Trinajstić information content (AvgIpc) is 2.97. The van der Waals surface area contributed by atoms with Crippen LogP contribution in [0.25, 0.3) is 11.2 Å². The Morgan fingerprint density at radius 1 is 1.38 bits per heavy atom. The number of H-pyrrole nitrogens is 2. The number of aromatic amines is 2. The molecule has 2 aromatic heterocycles. The van der Waals surface area contributed by atoms with Crippen LogP contribution >= 0.6 is 7.82 Å². The zero-order valence-electron chi connectivity index (χ0n) is 11.8. The molecule has 24 heavy (non-hydrogen) atoms. The second-order valence-corrected chi connectivity index (χ2v) is 6.26. The highest BCUT2D eigenvalue weighted by Crippen LogP contribution is 2.44. The molecule has 1 aliphatic rings. The van der Waals surface area contributed by atoms with E-state index in [9.17, 15) is 24.4 Å². The van der Waals surface area contributed by atoms with Crippen molar-refractivity contribution in [3.63, 3.8) is 0 Å². The Morgan fingerprint density at radius 2 is 2.08 bits per heavy atom. The van der Waals surface area contributed by atoms with Crippen LogP contribution in [0.5, 0.6) is 6.01 Å². The quantitative estimate of drug-likeness (QED) is 0.326. The summed E-state index contributed by atoms with van der Waals surface area (Å²) in [6.07, 6.45) is -3.52. The number of aromatic nitrogens is 4. The van der Waals surface area contributed by atoms with Crippen LogP contribution < -0.4 is 11.2 Å². The molecule has 14 heteroatoms. The van der Waals surface area contributed by atoms with Gasteiger partial charge in [-0.1, -0.05) is 0 Å². The van der Waals surface area contributed by atoms with Crippen molar-refractivity contribution in [2.75, 3.05) is 6.61 Å². The SMILES string of the molecule is O=c1[nH]c(=O)c2nc(O)n([C@H]3C[C@H](OP(=O)(O)O)[C@@H](CO)O3)c2[nH]1. The maximum Gasteiger partial charge on any atom is 0.469 e. The fourth-order valence-electron chi connectivity index (χ4n) is 2.58. The average molecular weight is 364 g/mol. The first-order valence-corrected chi connectivity index (χ1v) is 8.16. The van der Waals surface area contributed by atoms with E-state index in [-0.39, 0.29) is 17.6 Å². The lowest BCUT2D eigenvalue weighted by Gasteiger charge is -2.16. The molecule has 3 atom stereocenters. The second-order valence-electron chi connectivity index (χ2n) is 5.07. The highest BCUT2D eigenvalue weighted by molar-refractivity contribution is 7.46. The summed E-state index contributed by atoms with van der Waals surface area (Å²) in [6.45, 7) is -0.605. The molecule has 0 aliphatic carbocycles. The number of phosphoric ester groups is 1. The Morgan fingerprint density at radius 3 is 2.71 bits per heavy atom. The van der Waals surface area contributed by atoms with Crippen LogP contribution in [0.15, 0.2) is 9.59 Å². The molecule has 13 nitrogen and oxygen atoms in total. The van der Waals surface area contributed by atoms with E-state index in [1.54, 1.807) is 0 Å². The Bertz CT molecular complexity index is 927. The minimum Gasteiger partial charge on any atom is -0.480 e. The van der Waals surface area contributed by atoms with E-state index >= 15 is 0 Å². The van der Waals surface area contributed by atoms with E-state index in [2.05, 4.69) is 14.5 Å². The zero-order chi connectivity index (χ0) is 17.6. The van der Waals surface area contributed by atoms with Gasteiger partial charge >= 0.3 is 13.5 Å². The first-order valence-electron chi connectivity index (χ1n) is 6.63. The number of phosphoric acid groups is 1. The van der Waals surface area contributed by atoms with Crippen LogP contribution in [-0.2, 0) is 13.8 Å². The highest BCUT2D eigenvalue weighted by Gasteiger charge is 2.41. The molecule has 3 heterocycles. The third-order valence-electron chi connectivity index (χ3n) is 3.49. The van der Waals surface area contributed by atoms with Crippen molar-refractivity contribution in [3.8, 4) is 6.01 Å². The summed E-state index contributed by atoms with van der Waals surface area (Å²) in [7, 11) is -4.84. The van der Waals surface area contributed by atoms with Crippen molar-refractivity contribution in [2.45, 2.75) is 24.9 Å². The summed E-state index contributed by atoms with van der Waals surface area (Å²) in [5, 5.41) is 19.2. The maximum atomic E-state index is 11.7. The van der Waals surface area contributed by atoms with E-state index in [1.165, 1.54) is 0 Å². The summed E-state index contributed by atoms with van der Waals surface area (Å²) in [4.78, 5) is 48.7. The zero-order valence-corrected chi connectivity index (χ0v) is 12.7. The smallest absolute Gasteiger partial charge is 0.469 e. The monoisotopic (exact) mass is 364 g/mol. The fraction of sp³-hybridized carbons (Fsp3) is 0.500. The molecular weight excluding hydrogens is 351 g/mol. The lowest BCUT2D eigenvalue weighted by atomic mass is 10.2. The first kappa shape index (κ1) is 16.8. The van der Waals surface area contributed by atoms with Gasteiger partial charge in [0.2, 0.25) is 0 Å². The summed E-state index contributed by atoms with van der Waals surface area (Å²) < 4.78 is 21.9. The molecular formula is C10H13N4O9P. The molecule has 3 rings (SSSR count). The predicted octanol–water partition coefficient (Wildman–Crippen LogP) is -2.12. The number of nitrogens with one attached hydrogen (secondary N) is 2. The van der Waals surface area contributed by atoms with Gasteiger partial charge in [0.05, 0.1) is 6.61 Å². The van der Waals surface area contributed by atoms with Gasteiger partial charge in [-0.15, -0.1) is 0 Å². The van der Waals surface area contributed by atoms with E-state index in [4.69, 9.17) is 14.5 Å². The number of hydrogen-bond donors (Lipinski definition) is 6. The van der Waals surface area contributed by atoms with Gasteiger partial charge in [0.15, 0.2) is 11.2 Å². The van der Waals surface area contributed by atoms with Crippen molar-refractivity contribution in [1.82, 2.24) is 19.5 Å². The van der Waals surface area contributed by atoms with Gasteiger partial charge in [0, 0.05) is 6.42 Å². The van der Waals surface area contributed by atoms with Crippen molar-refractivity contribution in [2.24, 2.45) is 0 Å². The van der Waals surface area contributed by atoms with Gasteiger partial charge in [0.25, 0.3) is 11.6 Å². The molecule has 0 saturated carbocycles. The number of nitrogens with zero attached hydrogens (tertiary/aromatic N) is 2. The first-order chi connectivity index (χ1) is 11.2. The topological polar surface area (TPSA) is 200 Å². The number of fused-ring (bicyclic) bond motifs is 1. The summed E-state index contributed by atoms with van der Waals surface area (Å²) in [5.41, 5.74) is -2.06. The molecule has 0 aromatic carbocycles. The third-order valence-corrected chi connectivity index (χ3v) is 4.03. The Labute approximate surface area is 131 Å². The predicted molar refractivity (Wildman–Crippen MR) is 75.2 cm³/mol. The van der Waals surface area contributed by atoms with Gasteiger partial charge in [0.1, 0.15) is 18.4 Å². The summed E-state index contributed by atoms with van der Waals surface area (Å²) in [5.74, 6) is 0. The molecule has 0 radical (unpaired) electrons. The molecule has 1 saturated heterocycles. The number of rotatable bonds is 4. The minimum atomic E-state index is -4.84. The maximum absolute atomic E-state index is 11.7. The summed E-state index contributed by atoms with van der Waals surface area (Å²) >= 11 is 0. The number of aliphatic hydroxyl groups excluding tert-OH is 1. The highest BCUT2D eigenvalue weighted by atomic mass is 31.2. The lowest BCUT2D eigenvalue weighted by molar-refractivity contribution is -0.0444. The standard InChI is InChI=1S/C10H13N4O9P/c15-2-4-3(23-24(19,20)21)1-5(22-4)14-7-6(11-10(14)18)8(16)13-9(17)12-7/h3-5,15H,1-2H2,(H,11,18)(H2,19,20,21)(H2,12,13,16,17)/t3-,4+,5+/m0/s1. The molecule has 0 spiro atoms. The number of aromatic hydroxyl groups is 1. The van der Waals surface area contributed by atoms with Crippen LogP contribution in [0, 0.1) is 0 Å². The molecule has 2 aromatic rings. The number of ether oxygens (including phenoxy) is 1. The van der Waals surface area contributed by atoms with E-state index in [1.807, 2.05) is 4.98 Å². The number of hydrogen-bond acceptors (Lipinski definition) is 8. The van der Waals surface area contributed by atoms with Gasteiger partial charge in [-0.3, -0.25) is 23.9 Å². The van der Waals surface area contributed by atoms with Crippen LogP contribution in [-0.4, -0.2) is 58.3 Å². The molecule has 0 amide bonds. The van der Waals surface area contributed by atoms with Gasteiger partial charge < -0.3 is 24.7 Å². The Balaban J connectivity index is 2.02. The van der Waals surface area contributed by atoms with E-state index in [0.29, 0.717) is 0 Å². The van der Waals surface area contributed by atoms with Crippen molar-refractivity contribution in [1.29, 1.82) is 0 Å². The largest absolute Gasteiger partial charge is 0.480 e. The van der Waals surface area contributed by atoms with E-state index in [0.717, 1.165) is 4.57 Å². The van der Waals surface area contributed by atoms with Crippen molar-refractivity contribution >= 4 is 19.0 Å². The van der Waals surface area contributed by atoms with Crippen LogP contribution in [0.2, 0.25) is 0 Å². The fourth-order valence-corrected chi connectivity index (χ4v) is 3.16.